The lowest BCUT2D eigenvalue weighted by Crippen LogP contribution is -1.95. The fraction of sp³-hybridized carbons (Fsp3) is 0. The summed E-state index contributed by atoms with van der Waals surface area (Å²) in [7, 11) is 0. The Morgan fingerprint density at radius 1 is 0.240 bits per heavy atom. The molecule has 0 saturated heterocycles. The zero-order valence-corrected chi connectivity index (χ0v) is 27.4. The van der Waals surface area contributed by atoms with Gasteiger partial charge < -0.3 is 9.13 Å². The second-order valence-corrected chi connectivity index (χ2v) is 13.0. The van der Waals surface area contributed by atoms with Gasteiger partial charge in [0.05, 0.1) is 22.1 Å². The normalized spacial score (nSPS) is 11.6. The molecule has 0 radical (unpaired) electrons. The van der Waals surface area contributed by atoms with E-state index in [1.165, 1.54) is 77.0 Å². The van der Waals surface area contributed by atoms with Crippen molar-refractivity contribution in [1.82, 2.24) is 9.13 Å². The van der Waals surface area contributed by atoms with Crippen molar-refractivity contribution in [3.05, 3.63) is 194 Å². The van der Waals surface area contributed by atoms with Crippen molar-refractivity contribution in [2.45, 2.75) is 0 Å². The molecule has 234 valence electrons. The van der Waals surface area contributed by atoms with Gasteiger partial charge >= 0.3 is 0 Å². The Balaban J connectivity index is 1.30. The number of fused-ring (bicyclic) bond motifs is 7. The molecule has 10 rings (SSSR count). The van der Waals surface area contributed by atoms with Crippen LogP contribution in [-0.4, -0.2) is 9.13 Å². The van der Waals surface area contributed by atoms with Gasteiger partial charge in [-0.15, -0.1) is 0 Å². The first-order valence-electron chi connectivity index (χ1n) is 17.2. The Morgan fingerprint density at radius 3 is 1.18 bits per heavy atom. The number of hydrogen-bond acceptors (Lipinski definition) is 0. The third kappa shape index (κ3) is 4.50. The second-order valence-electron chi connectivity index (χ2n) is 13.0. The van der Waals surface area contributed by atoms with Crippen molar-refractivity contribution in [3.63, 3.8) is 0 Å². The molecule has 0 amide bonds. The molecule has 0 spiro atoms. The van der Waals surface area contributed by atoms with Gasteiger partial charge in [0, 0.05) is 32.9 Å². The van der Waals surface area contributed by atoms with E-state index in [1.807, 2.05) is 0 Å². The summed E-state index contributed by atoms with van der Waals surface area (Å²) in [5, 5.41) is 5.05. The van der Waals surface area contributed by atoms with Crippen molar-refractivity contribution < 1.29 is 0 Å². The molecule has 2 heterocycles. The van der Waals surface area contributed by atoms with Crippen LogP contribution in [0.2, 0.25) is 0 Å². The molecule has 0 aliphatic carbocycles. The van der Waals surface area contributed by atoms with Crippen LogP contribution in [0.3, 0.4) is 0 Å². The van der Waals surface area contributed by atoms with E-state index >= 15 is 0 Å². The molecule has 0 aliphatic heterocycles. The highest BCUT2D eigenvalue weighted by atomic mass is 15.0. The first-order valence-corrected chi connectivity index (χ1v) is 17.2. The quantitative estimate of drug-likeness (QED) is 0.178. The lowest BCUT2D eigenvalue weighted by Gasteiger charge is -2.12. The van der Waals surface area contributed by atoms with E-state index < -0.39 is 0 Å². The molecule has 2 heteroatoms. The maximum absolute atomic E-state index is 2.45. The van der Waals surface area contributed by atoms with Gasteiger partial charge in [-0.1, -0.05) is 140 Å². The zero-order chi connectivity index (χ0) is 33.0. The van der Waals surface area contributed by atoms with Gasteiger partial charge in [0.15, 0.2) is 0 Å². The number of rotatable bonds is 5. The highest BCUT2D eigenvalue weighted by molar-refractivity contribution is 6.29. The van der Waals surface area contributed by atoms with Gasteiger partial charge in [-0.3, -0.25) is 0 Å². The predicted octanol–water partition coefficient (Wildman–Crippen LogP) is 12.9. The minimum Gasteiger partial charge on any atom is -0.309 e. The third-order valence-corrected chi connectivity index (χ3v) is 10.1. The summed E-state index contributed by atoms with van der Waals surface area (Å²) in [5.41, 5.74) is 14.4. The van der Waals surface area contributed by atoms with Gasteiger partial charge in [-0.25, -0.2) is 0 Å². The van der Waals surface area contributed by atoms with E-state index in [0.29, 0.717) is 0 Å². The molecule has 0 bridgehead atoms. The van der Waals surface area contributed by atoms with Crippen LogP contribution in [0.25, 0.3) is 88.4 Å². The standard InChI is InChI=1S/C48H32N2/c1-4-14-33(15-5-1)36-20-12-22-39(30-36)49-43-25-11-10-24-41(43)47-45(49)28-29-46-48(47)42-32-38(35-18-8-3-9-19-35)26-27-44(42)50(46)40-23-13-21-37(31-40)34-16-6-2-7-17-34/h1-32H. The lowest BCUT2D eigenvalue weighted by molar-refractivity contribution is 1.17. The van der Waals surface area contributed by atoms with Crippen molar-refractivity contribution in [2.75, 3.05) is 0 Å². The molecule has 0 aliphatic rings. The monoisotopic (exact) mass is 636 g/mol. The van der Waals surface area contributed by atoms with Crippen LogP contribution in [0, 0.1) is 0 Å². The minimum absolute atomic E-state index is 1.15. The van der Waals surface area contributed by atoms with Crippen LogP contribution in [0.15, 0.2) is 194 Å². The molecule has 50 heavy (non-hydrogen) atoms. The van der Waals surface area contributed by atoms with Crippen LogP contribution in [-0.2, 0) is 0 Å². The van der Waals surface area contributed by atoms with Crippen LogP contribution in [0.4, 0.5) is 0 Å². The summed E-state index contributed by atoms with van der Waals surface area (Å²) in [5.74, 6) is 0. The van der Waals surface area contributed by atoms with Crippen LogP contribution in [0.5, 0.6) is 0 Å². The van der Waals surface area contributed by atoms with Gasteiger partial charge in [0.1, 0.15) is 0 Å². The summed E-state index contributed by atoms with van der Waals surface area (Å²) >= 11 is 0. The first-order chi connectivity index (χ1) is 24.8. The average Bonchev–Trinajstić information content (AvgIpc) is 3.71. The number of para-hydroxylation sites is 1. The smallest absolute Gasteiger partial charge is 0.0548 e. The molecule has 10 aromatic rings. The van der Waals surface area contributed by atoms with E-state index in [9.17, 15) is 0 Å². The molecule has 0 unspecified atom stereocenters. The Labute approximate surface area is 290 Å². The predicted molar refractivity (Wildman–Crippen MR) is 211 cm³/mol. The lowest BCUT2D eigenvalue weighted by atomic mass is 10.0. The Hall–Kier alpha value is -6.64. The molecule has 0 N–H and O–H groups in total. The van der Waals surface area contributed by atoms with E-state index in [2.05, 4.69) is 203 Å². The molecule has 2 nitrogen and oxygen atoms in total. The van der Waals surface area contributed by atoms with Gasteiger partial charge in [0.25, 0.3) is 0 Å². The number of aromatic nitrogens is 2. The fourth-order valence-electron chi connectivity index (χ4n) is 7.85. The summed E-state index contributed by atoms with van der Waals surface area (Å²) in [6.45, 7) is 0. The van der Waals surface area contributed by atoms with E-state index in [4.69, 9.17) is 0 Å². The largest absolute Gasteiger partial charge is 0.309 e. The topological polar surface area (TPSA) is 9.86 Å². The Bertz CT molecular complexity index is 2840. The van der Waals surface area contributed by atoms with Crippen molar-refractivity contribution in [1.29, 1.82) is 0 Å². The molecule has 0 saturated carbocycles. The van der Waals surface area contributed by atoms with Gasteiger partial charge in [-0.05, 0) is 88.0 Å². The van der Waals surface area contributed by atoms with Crippen molar-refractivity contribution in [2.24, 2.45) is 0 Å². The molecule has 0 fully saturated rings. The fourth-order valence-corrected chi connectivity index (χ4v) is 7.85. The molecule has 8 aromatic carbocycles. The average molecular weight is 637 g/mol. The van der Waals surface area contributed by atoms with E-state index in [-0.39, 0.29) is 0 Å². The number of hydrogen-bond donors (Lipinski definition) is 0. The van der Waals surface area contributed by atoms with Crippen LogP contribution in [0.1, 0.15) is 0 Å². The minimum atomic E-state index is 1.15. The SMILES string of the molecule is c1ccc(-c2cccc(-n3c4ccccc4c4c5c6cc(-c7ccccc7)ccc6n(-c6cccc(-c7ccccc7)c6)c5ccc43)c2)cc1. The third-order valence-electron chi connectivity index (χ3n) is 10.1. The molecule has 0 atom stereocenters. The van der Waals surface area contributed by atoms with Crippen LogP contribution >= 0.6 is 0 Å². The zero-order valence-electron chi connectivity index (χ0n) is 27.4. The first kappa shape index (κ1) is 28.4. The van der Waals surface area contributed by atoms with Gasteiger partial charge in [0.2, 0.25) is 0 Å². The van der Waals surface area contributed by atoms with Crippen molar-refractivity contribution in [3.8, 4) is 44.8 Å². The number of benzene rings is 8. The summed E-state index contributed by atoms with van der Waals surface area (Å²) in [4.78, 5) is 0. The summed E-state index contributed by atoms with van der Waals surface area (Å²) in [6.07, 6.45) is 0. The molecular formula is C48H32N2. The Morgan fingerprint density at radius 2 is 0.640 bits per heavy atom. The molecule has 2 aromatic heterocycles. The second kappa shape index (κ2) is 11.5. The highest BCUT2D eigenvalue weighted by Crippen LogP contribution is 2.43. The summed E-state index contributed by atoms with van der Waals surface area (Å²) in [6, 6.07) is 70.4. The summed E-state index contributed by atoms with van der Waals surface area (Å²) < 4.78 is 4.89. The maximum Gasteiger partial charge on any atom is 0.0548 e. The Kier molecular flexibility index (Phi) is 6.53. The van der Waals surface area contributed by atoms with Gasteiger partial charge in [-0.2, -0.15) is 0 Å². The molecular weight excluding hydrogens is 605 g/mol. The highest BCUT2D eigenvalue weighted by Gasteiger charge is 2.21. The van der Waals surface area contributed by atoms with Crippen LogP contribution < -0.4 is 0 Å². The van der Waals surface area contributed by atoms with Crippen molar-refractivity contribution >= 4 is 43.6 Å². The maximum atomic E-state index is 2.45. The number of nitrogens with zero attached hydrogens (tertiary/aromatic N) is 2. The van der Waals surface area contributed by atoms with E-state index in [1.54, 1.807) is 0 Å². The van der Waals surface area contributed by atoms with E-state index in [0.717, 1.165) is 11.4 Å².